The molecule has 0 aliphatic rings. The summed E-state index contributed by atoms with van der Waals surface area (Å²) in [6, 6.07) is 0. The van der Waals surface area contributed by atoms with Gasteiger partial charge in [-0.1, -0.05) is 0 Å². The summed E-state index contributed by atoms with van der Waals surface area (Å²) in [6.07, 6.45) is 4.69. The number of aromatic amines is 1. The van der Waals surface area contributed by atoms with Crippen molar-refractivity contribution >= 4 is 52.5 Å². The molecule has 0 unspecified atom stereocenters. The summed E-state index contributed by atoms with van der Waals surface area (Å²) < 4.78 is 4.66. The Labute approximate surface area is 205 Å². The summed E-state index contributed by atoms with van der Waals surface area (Å²) in [4.78, 5) is 73.4. The van der Waals surface area contributed by atoms with Gasteiger partial charge in [-0.05, 0) is 25.5 Å². The molecule has 0 aliphatic carbocycles. The molecule has 0 bridgehead atoms. The lowest BCUT2D eigenvalue weighted by Gasteiger charge is -2.08. The van der Waals surface area contributed by atoms with Gasteiger partial charge in [0.15, 0.2) is 5.65 Å². The van der Waals surface area contributed by atoms with Crippen molar-refractivity contribution in [1.29, 1.82) is 0 Å². The van der Waals surface area contributed by atoms with E-state index in [1.165, 1.54) is 6.33 Å². The average molecular weight is 509 g/mol. The van der Waals surface area contributed by atoms with E-state index in [0.29, 0.717) is 12.1 Å². The van der Waals surface area contributed by atoms with E-state index in [1.54, 1.807) is 25.0 Å². The van der Waals surface area contributed by atoms with Gasteiger partial charge in [-0.3, -0.25) is 24.0 Å². The highest BCUT2D eigenvalue weighted by Crippen LogP contribution is 2.22. The summed E-state index contributed by atoms with van der Waals surface area (Å²) in [6.45, 7) is 0.568. The zero-order valence-corrected chi connectivity index (χ0v) is 20.0. The number of nitrogens with zero attached hydrogens (tertiary/aromatic N) is 3. The van der Waals surface area contributed by atoms with Gasteiger partial charge in [-0.2, -0.15) is 0 Å². The minimum atomic E-state index is -0.593. The van der Waals surface area contributed by atoms with Gasteiger partial charge in [0.2, 0.25) is 23.6 Å². The molecule has 0 aromatic carbocycles. The molecule has 0 saturated heterocycles. The SMILES string of the molecule is CCOC(=O)CNC(=O)CNC(=O)CNC(=O)CNC(=O)CCCCSc1ncnc2nc[nH]c12. The normalized spacial score (nSPS) is 10.4. The molecule has 0 spiro atoms. The Hall–Kier alpha value is -3.75. The van der Waals surface area contributed by atoms with E-state index in [1.807, 2.05) is 0 Å². The first kappa shape index (κ1) is 27.5. The molecule has 14 nitrogen and oxygen atoms in total. The third-order valence-electron chi connectivity index (χ3n) is 4.30. The van der Waals surface area contributed by atoms with Gasteiger partial charge in [0.25, 0.3) is 0 Å². The van der Waals surface area contributed by atoms with Crippen LogP contribution in [0.4, 0.5) is 0 Å². The first-order valence-electron chi connectivity index (χ1n) is 10.9. The van der Waals surface area contributed by atoms with Crippen LogP contribution in [0.25, 0.3) is 11.2 Å². The third kappa shape index (κ3) is 10.8. The highest BCUT2D eigenvalue weighted by molar-refractivity contribution is 7.99. The average Bonchev–Trinajstić information content (AvgIpc) is 3.33. The van der Waals surface area contributed by atoms with Crippen LogP contribution >= 0.6 is 11.8 Å². The van der Waals surface area contributed by atoms with E-state index < -0.39 is 23.7 Å². The molecule has 0 fully saturated rings. The number of carbonyl (C=O) groups is 5. The molecule has 2 aromatic heterocycles. The number of thioether (sulfide) groups is 1. The molecule has 190 valence electrons. The summed E-state index contributed by atoms with van der Waals surface area (Å²) in [5.74, 6) is -1.80. The first-order valence-corrected chi connectivity index (χ1v) is 11.9. The van der Waals surface area contributed by atoms with Crippen LogP contribution < -0.4 is 21.3 Å². The lowest BCUT2D eigenvalue weighted by molar-refractivity contribution is -0.143. The number of ether oxygens (including phenoxy) is 1. The molecule has 15 heteroatoms. The Morgan fingerprint density at radius 2 is 1.49 bits per heavy atom. The van der Waals surface area contributed by atoms with Crippen LogP contribution in [0, 0.1) is 0 Å². The van der Waals surface area contributed by atoms with Crippen LogP contribution in [0.2, 0.25) is 0 Å². The predicted molar refractivity (Wildman–Crippen MR) is 125 cm³/mol. The number of aromatic nitrogens is 4. The number of unbranched alkanes of at least 4 members (excludes halogenated alkanes) is 1. The zero-order chi connectivity index (χ0) is 25.5. The molecule has 2 heterocycles. The van der Waals surface area contributed by atoms with Crippen molar-refractivity contribution in [3.63, 3.8) is 0 Å². The fourth-order valence-corrected chi connectivity index (χ4v) is 3.56. The van der Waals surface area contributed by atoms with Crippen molar-refractivity contribution in [3.8, 4) is 0 Å². The highest BCUT2D eigenvalue weighted by Gasteiger charge is 2.11. The van der Waals surface area contributed by atoms with E-state index >= 15 is 0 Å². The second kappa shape index (κ2) is 15.2. The second-order valence-corrected chi connectivity index (χ2v) is 8.08. The maximum absolute atomic E-state index is 11.9. The van der Waals surface area contributed by atoms with Crippen molar-refractivity contribution in [2.45, 2.75) is 31.2 Å². The summed E-state index contributed by atoms with van der Waals surface area (Å²) in [7, 11) is 0. The number of esters is 1. The second-order valence-electron chi connectivity index (χ2n) is 7.00. The van der Waals surface area contributed by atoms with Crippen LogP contribution in [-0.2, 0) is 28.7 Å². The summed E-state index contributed by atoms with van der Waals surface area (Å²) in [5.41, 5.74) is 1.39. The predicted octanol–water partition coefficient (Wildman–Crippen LogP) is -1.36. The number of hydrogen-bond acceptors (Lipinski definition) is 10. The minimum Gasteiger partial charge on any atom is -0.465 e. The van der Waals surface area contributed by atoms with Gasteiger partial charge in [-0.25, -0.2) is 15.0 Å². The van der Waals surface area contributed by atoms with Gasteiger partial charge < -0.3 is 31.0 Å². The number of fused-ring (bicyclic) bond motifs is 1. The van der Waals surface area contributed by atoms with Crippen molar-refractivity contribution in [2.75, 3.05) is 38.5 Å². The standard InChI is InChI=1S/C20H28N8O6S/c1-2-34-17(33)10-24-16(32)9-23-15(31)8-22-14(30)7-21-13(29)5-3-4-6-35-20-18-19(26-11-25-18)27-12-28-20/h11-12H,2-10H2,1H3,(H,21,29)(H,22,30)(H,23,31)(H,24,32)(H,25,26,27,28). The van der Waals surface area contributed by atoms with Gasteiger partial charge in [-0.15, -0.1) is 11.8 Å². The van der Waals surface area contributed by atoms with Gasteiger partial charge in [0, 0.05) is 6.42 Å². The van der Waals surface area contributed by atoms with Gasteiger partial charge in [0.1, 0.15) is 23.4 Å². The van der Waals surface area contributed by atoms with E-state index in [-0.39, 0.29) is 45.1 Å². The van der Waals surface area contributed by atoms with Crippen molar-refractivity contribution in [2.24, 2.45) is 0 Å². The van der Waals surface area contributed by atoms with Crippen molar-refractivity contribution < 1.29 is 28.7 Å². The number of nitrogens with one attached hydrogen (secondary N) is 5. The Balaban J connectivity index is 1.49. The van der Waals surface area contributed by atoms with Crippen LogP contribution in [0.5, 0.6) is 0 Å². The molecule has 4 amide bonds. The molecule has 0 atom stereocenters. The third-order valence-corrected chi connectivity index (χ3v) is 5.37. The van der Waals surface area contributed by atoms with E-state index in [4.69, 9.17) is 0 Å². The number of hydrogen-bond donors (Lipinski definition) is 5. The lowest BCUT2D eigenvalue weighted by atomic mass is 10.2. The summed E-state index contributed by atoms with van der Waals surface area (Å²) >= 11 is 1.54. The molecular weight excluding hydrogens is 480 g/mol. The molecule has 0 radical (unpaired) electrons. The molecule has 5 N–H and O–H groups in total. The molecule has 0 saturated carbocycles. The fourth-order valence-electron chi connectivity index (χ4n) is 2.60. The Morgan fingerprint density at radius 1 is 0.857 bits per heavy atom. The molecule has 35 heavy (non-hydrogen) atoms. The maximum atomic E-state index is 11.9. The van der Waals surface area contributed by atoms with Crippen molar-refractivity contribution in [3.05, 3.63) is 12.7 Å². The smallest absolute Gasteiger partial charge is 0.325 e. The number of carbonyl (C=O) groups excluding carboxylic acids is 5. The zero-order valence-electron chi connectivity index (χ0n) is 19.2. The Kier molecular flexibility index (Phi) is 11.9. The Bertz CT molecular complexity index is 1030. The summed E-state index contributed by atoms with van der Waals surface area (Å²) in [5, 5.41) is 10.2. The molecule has 2 aromatic rings. The number of amides is 4. The van der Waals surface area contributed by atoms with Crippen LogP contribution in [0.1, 0.15) is 26.2 Å². The van der Waals surface area contributed by atoms with Crippen molar-refractivity contribution in [1.82, 2.24) is 41.2 Å². The monoisotopic (exact) mass is 508 g/mol. The van der Waals surface area contributed by atoms with Crippen LogP contribution in [-0.4, -0.2) is 88.1 Å². The first-order chi connectivity index (χ1) is 16.9. The maximum Gasteiger partial charge on any atom is 0.325 e. The highest BCUT2D eigenvalue weighted by atomic mass is 32.2. The van der Waals surface area contributed by atoms with Crippen LogP contribution in [0.3, 0.4) is 0 Å². The van der Waals surface area contributed by atoms with Gasteiger partial charge in [0.05, 0.1) is 32.6 Å². The lowest BCUT2D eigenvalue weighted by Crippen LogP contribution is -2.44. The molecule has 2 rings (SSSR count). The minimum absolute atomic E-state index is 0.200. The number of rotatable bonds is 15. The topological polar surface area (TPSA) is 197 Å². The number of imidazole rings is 1. The van der Waals surface area contributed by atoms with Crippen LogP contribution in [0.15, 0.2) is 17.7 Å². The largest absolute Gasteiger partial charge is 0.465 e. The number of H-pyrrole nitrogens is 1. The molecule has 0 aliphatic heterocycles. The molecular formula is C20H28N8O6S. The Morgan fingerprint density at radius 3 is 2.14 bits per heavy atom. The van der Waals surface area contributed by atoms with E-state index in [0.717, 1.165) is 22.7 Å². The fraction of sp³-hybridized carbons (Fsp3) is 0.500. The van der Waals surface area contributed by atoms with E-state index in [2.05, 4.69) is 45.9 Å². The van der Waals surface area contributed by atoms with Gasteiger partial charge >= 0.3 is 5.97 Å². The quantitative estimate of drug-likeness (QED) is 0.0829. The van der Waals surface area contributed by atoms with E-state index in [9.17, 15) is 24.0 Å².